The lowest BCUT2D eigenvalue weighted by Gasteiger charge is -2.20. The first-order chi connectivity index (χ1) is 13.8. The Hall–Kier alpha value is -2.93. The number of nitrogens with zero attached hydrogens (tertiary/aromatic N) is 1. The van der Waals surface area contributed by atoms with E-state index in [-0.39, 0.29) is 24.3 Å². The molecular formula is C22H27FN2O4. The molecule has 0 bridgehead atoms. The van der Waals surface area contributed by atoms with Gasteiger partial charge in [0.15, 0.2) is 11.6 Å². The minimum Gasteiger partial charge on any atom is -0.494 e. The molecule has 0 atom stereocenters. The third kappa shape index (κ3) is 6.87. The molecule has 0 spiro atoms. The molecule has 0 aliphatic carbocycles. The standard InChI is InChI=1S/C22H27FN2O4/c1-5-25(13-16-6-11-20(28-4)19(23)12-16)14-21(26)24-18-9-7-17(8-10-18)22(27)29-15(2)3/h6-12,15H,5,13-14H2,1-4H3,(H,24,26). The number of carbonyl (C=O) groups excluding carboxylic acids is 2. The van der Waals surface area contributed by atoms with Crippen molar-refractivity contribution in [3.05, 3.63) is 59.4 Å². The molecule has 0 aromatic heterocycles. The van der Waals surface area contributed by atoms with E-state index in [0.29, 0.717) is 24.3 Å². The van der Waals surface area contributed by atoms with Crippen LogP contribution < -0.4 is 10.1 Å². The average molecular weight is 402 g/mol. The van der Waals surface area contributed by atoms with Crippen molar-refractivity contribution in [2.75, 3.05) is 25.5 Å². The van der Waals surface area contributed by atoms with Crippen LogP contribution in [0, 0.1) is 5.82 Å². The average Bonchev–Trinajstić information content (AvgIpc) is 2.67. The van der Waals surface area contributed by atoms with Crippen molar-refractivity contribution in [3.63, 3.8) is 0 Å². The summed E-state index contributed by atoms with van der Waals surface area (Å²) in [6.07, 6.45) is -0.193. The van der Waals surface area contributed by atoms with Crippen LogP contribution >= 0.6 is 0 Å². The molecule has 0 aliphatic heterocycles. The number of halogens is 1. The van der Waals surface area contributed by atoms with E-state index in [4.69, 9.17) is 9.47 Å². The van der Waals surface area contributed by atoms with Crippen LogP contribution in [0.1, 0.15) is 36.7 Å². The Morgan fingerprint density at radius 2 is 1.83 bits per heavy atom. The van der Waals surface area contributed by atoms with Gasteiger partial charge in [0.05, 0.1) is 25.3 Å². The molecule has 2 aromatic rings. The van der Waals surface area contributed by atoms with Crippen molar-refractivity contribution in [2.45, 2.75) is 33.4 Å². The largest absolute Gasteiger partial charge is 0.494 e. The van der Waals surface area contributed by atoms with Gasteiger partial charge in [-0.2, -0.15) is 0 Å². The van der Waals surface area contributed by atoms with E-state index in [0.717, 1.165) is 5.56 Å². The van der Waals surface area contributed by atoms with E-state index < -0.39 is 11.8 Å². The lowest BCUT2D eigenvalue weighted by atomic mass is 10.2. The molecule has 0 saturated heterocycles. The second-order valence-electron chi connectivity index (χ2n) is 6.85. The third-order valence-electron chi connectivity index (χ3n) is 4.18. The predicted molar refractivity (Wildman–Crippen MR) is 110 cm³/mol. The fourth-order valence-corrected chi connectivity index (χ4v) is 2.72. The molecule has 6 nitrogen and oxygen atoms in total. The third-order valence-corrected chi connectivity index (χ3v) is 4.18. The number of benzene rings is 2. The highest BCUT2D eigenvalue weighted by Gasteiger charge is 2.13. The first kappa shape index (κ1) is 22.4. The van der Waals surface area contributed by atoms with Crippen LogP contribution in [0.4, 0.5) is 10.1 Å². The Labute approximate surface area is 170 Å². The van der Waals surface area contributed by atoms with Crippen molar-refractivity contribution >= 4 is 17.6 Å². The normalized spacial score (nSPS) is 10.9. The van der Waals surface area contributed by atoms with Gasteiger partial charge in [0.25, 0.3) is 0 Å². The van der Waals surface area contributed by atoms with Crippen LogP contribution in [-0.4, -0.2) is 43.1 Å². The maximum Gasteiger partial charge on any atom is 0.338 e. The SMILES string of the molecule is CCN(CC(=O)Nc1ccc(C(=O)OC(C)C)cc1)Cc1ccc(OC)c(F)c1. The van der Waals surface area contributed by atoms with E-state index in [1.807, 2.05) is 11.8 Å². The number of likely N-dealkylation sites (N-methyl/N-ethyl adjacent to an activating group) is 1. The van der Waals surface area contributed by atoms with Crippen LogP contribution in [0.15, 0.2) is 42.5 Å². The fourth-order valence-electron chi connectivity index (χ4n) is 2.72. The van der Waals surface area contributed by atoms with Gasteiger partial charge in [0, 0.05) is 12.2 Å². The number of esters is 1. The van der Waals surface area contributed by atoms with E-state index in [1.54, 1.807) is 50.2 Å². The van der Waals surface area contributed by atoms with Gasteiger partial charge in [-0.1, -0.05) is 13.0 Å². The summed E-state index contributed by atoms with van der Waals surface area (Å²) in [5.74, 6) is -0.836. The summed E-state index contributed by atoms with van der Waals surface area (Å²) in [6, 6.07) is 11.3. The molecule has 0 aliphatic rings. The maximum atomic E-state index is 13.9. The summed E-state index contributed by atoms with van der Waals surface area (Å²) < 4.78 is 23.9. The number of hydrogen-bond acceptors (Lipinski definition) is 5. The van der Waals surface area contributed by atoms with Crippen molar-refractivity contribution in [3.8, 4) is 5.75 Å². The van der Waals surface area contributed by atoms with Gasteiger partial charge in [-0.05, 0) is 62.4 Å². The Morgan fingerprint density at radius 3 is 2.38 bits per heavy atom. The van der Waals surface area contributed by atoms with Gasteiger partial charge < -0.3 is 14.8 Å². The smallest absolute Gasteiger partial charge is 0.338 e. The molecule has 0 unspecified atom stereocenters. The molecule has 0 radical (unpaired) electrons. The van der Waals surface area contributed by atoms with E-state index in [1.165, 1.54) is 13.2 Å². The molecule has 1 amide bonds. The predicted octanol–water partition coefficient (Wildman–Crippen LogP) is 3.86. The van der Waals surface area contributed by atoms with Crippen LogP contribution in [0.5, 0.6) is 5.75 Å². The molecule has 2 aromatic carbocycles. The quantitative estimate of drug-likeness (QED) is 0.645. The summed E-state index contributed by atoms with van der Waals surface area (Å²) in [6.45, 7) is 6.72. The molecule has 0 heterocycles. The number of methoxy groups -OCH3 is 1. The first-order valence-electron chi connectivity index (χ1n) is 9.48. The van der Waals surface area contributed by atoms with E-state index in [9.17, 15) is 14.0 Å². The van der Waals surface area contributed by atoms with Crippen LogP contribution in [0.25, 0.3) is 0 Å². The molecule has 7 heteroatoms. The number of nitrogens with one attached hydrogen (secondary N) is 1. The minimum atomic E-state index is -0.429. The van der Waals surface area contributed by atoms with Crippen molar-refractivity contribution in [1.29, 1.82) is 0 Å². The summed E-state index contributed by atoms with van der Waals surface area (Å²) >= 11 is 0. The lowest BCUT2D eigenvalue weighted by molar-refractivity contribution is -0.117. The topological polar surface area (TPSA) is 67.9 Å². The summed E-state index contributed by atoms with van der Waals surface area (Å²) in [7, 11) is 1.42. The number of amides is 1. The number of carbonyl (C=O) groups is 2. The number of rotatable bonds is 9. The molecule has 156 valence electrons. The monoisotopic (exact) mass is 402 g/mol. The fraction of sp³-hybridized carbons (Fsp3) is 0.364. The van der Waals surface area contributed by atoms with Gasteiger partial charge >= 0.3 is 5.97 Å². The zero-order valence-electron chi connectivity index (χ0n) is 17.2. The highest BCUT2D eigenvalue weighted by atomic mass is 19.1. The number of anilines is 1. The van der Waals surface area contributed by atoms with Gasteiger partial charge in [-0.25, -0.2) is 9.18 Å². The molecule has 0 fully saturated rings. The second kappa shape index (κ2) is 10.6. The van der Waals surface area contributed by atoms with Crippen molar-refractivity contribution < 1.29 is 23.5 Å². The molecule has 1 N–H and O–H groups in total. The van der Waals surface area contributed by atoms with Crippen LogP contribution in [-0.2, 0) is 16.1 Å². The van der Waals surface area contributed by atoms with Crippen LogP contribution in [0.3, 0.4) is 0 Å². The molecule has 2 rings (SSSR count). The van der Waals surface area contributed by atoms with Gasteiger partial charge in [-0.15, -0.1) is 0 Å². The lowest BCUT2D eigenvalue weighted by Crippen LogP contribution is -2.32. The second-order valence-corrected chi connectivity index (χ2v) is 6.85. The van der Waals surface area contributed by atoms with Crippen molar-refractivity contribution in [1.82, 2.24) is 4.90 Å². The van der Waals surface area contributed by atoms with Gasteiger partial charge in [0.1, 0.15) is 0 Å². The highest BCUT2D eigenvalue weighted by Crippen LogP contribution is 2.19. The van der Waals surface area contributed by atoms with Gasteiger partial charge in [0.2, 0.25) is 5.91 Å². The summed E-state index contributed by atoms with van der Waals surface area (Å²) in [5.41, 5.74) is 1.77. The minimum absolute atomic E-state index is 0.154. The highest BCUT2D eigenvalue weighted by molar-refractivity contribution is 5.94. The maximum absolute atomic E-state index is 13.9. The number of ether oxygens (including phenoxy) is 2. The zero-order valence-corrected chi connectivity index (χ0v) is 17.2. The molecule has 0 saturated carbocycles. The van der Waals surface area contributed by atoms with E-state index in [2.05, 4.69) is 5.32 Å². The first-order valence-corrected chi connectivity index (χ1v) is 9.48. The van der Waals surface area contributed by atoms with Gasteiger partial charge in [-0.3, -0.25) is 9.69 Å². The van der Waals surface area contributed by atoms with Crippen molar-refractivity contribution in [2.24, 2.45) is 0 Å². The Balaban J connectivity index is 1.92. The number of hydrogen-bond donors (Lipinski definition) is 1. The Bertz CT molecular complexity index is 837. The molecular weight excluding hydrogens is 375 g/mol. The van der Waals surface area contributed by atoms with Crippen LogP contribution in [0.2, 0.25) is 0 Å². The molecule has 29 heavy (non-hydrogen) atoms. The zero-order chi connectivity index (χ0) is 21.4. The van der Waals surface area contributed by atoms with E-state index >= 15 is 0 Å². The summed E-state index contributed by atoms with van der Waals surface area (Å²) in [5, 5.41) is 2.80. The Kier molecular flexibility index (Phi) is 8.15. The summed E-state index contributed by atoms with van der Waals surface area (Å²) in [4.78, 5) is 26.1. The Morgan fingerprint density at radius 1 is 1.14 bits per heavy atom.